The van der Waals surface area contributed by atoms with Gasteiger partial charge in [0.2, 0.25) is 0 Å². The van der Waals surface area contributed by atoms with Crippen molar-refractivity contribution < 1.29 is 4.74 Å². The van der Waals surface area contributed by atoms with Gasteiger partial charge in [0.25, 0.3) is 0 Å². The molecule has 110 valence electrons. The SMILES string of the molecule is COc1ccc(Cl)cc1NC(=S)Nc1ccc(C)c(C)c1. The van der Waals surface area contributed by atoms with E-state index in [0.29, 0.717) is 15.9 Å². The number of benzene rings is 2. The third-order valence-corrected chi connectivity index (χ3v) is 3.61. The zero-order valence-electron chi connectivity index (χ0n) is 12.2. The summed E-state index contributed by atoms with van der Waals surface area (Å²) < 4.78 is 5.28. The molecule has 0 saturated heterocycles. The molecule has 0 radical (unpaired) electrons. The Kier molecular flexibility index (Phi) is 5.04. The number of halogens is 1. The second kappa shape index (κ2) is 6.78. The summed E-state index contributed by atoms with van der Waals surface area (Å²) in [5, 5.41) is 7.35. The average Bonchev–Trinajstić information content (AvgIpc) is 2.43. The summed E-state index contributed by atoms with van der Waals surface area (Å²) in [4.78, 5) is 0. The van der Waals surface area contributed by atoms with Crippen LogP contribution in [0.5, 0.6) is 5.75 Å². The highest BCUT2D eigenvalue weighted by Gasteiger charge is 2.06. The maximum atomic E-state index is 6.00. The van der Waals surface area contributed by atoms with E-state index in [-0.39, 0.29) is 0 Å². The summed E-state index contributed by atoms with van der Waals surface area (Å²) in [6.07, 6.45) is 0. The summed E-state index contributed by atoms with van der Waals surface area (Å²) in [5.41, 5.74) is 4.13. The van der Waals surface area contributed by atoms with Crippen LogP contribution in [0.25, 0.3) is 0 Å². The van der Waals surface area contributed by atoms with Crippen molar-refractivity contribution >= 4 is 40.3 Å². The zero-order chi connectivity index (χ0) is 15.4. The van der Waals surface area contributed by atoms with Gasteiger partial charge < -0.3 is 15.4 Å². The Morgan fingerprint density at radius 1 is 1.05 bits per heavy atom. The molecule has 0 amide bonds. The Morgan fingerprint density at radius 2 is 1.81 bits per heavy atom. The summed E-state index contributed by atoms with van der Waals surface area (Å²) in [6, 6.07) is 11.4. The highest BCUT2D eigenvalue weighted by atomic mass is 35.5. The smallest absolute Gasteiger partial charge is 0.175 e. The molecule has 0 saturated carbocycles. The van der Waals surface area contributed by atoms with Gasteiger partial charge in [-0.25, -0.2) is 0 Å². The number of rotatable bonds is 3. The molecule has 2 aromatic rings. The van der Waals surface area contributed by atoms with E-state index < -0.39 is 0 Å². The second-order valence-electron chi connectivity index (χ2n) is 4.72. The van der Waals surface area contributed by atoms with Crippen molar-refractivity contribution in [3.63, 3.8) is 0 Å². The van der Waals surface area contributed by atoms with E-state index >= 15 is 0 Å². The predicted molar refractivity (Wildman–Crippen MR) is 93.8 cm³/mol. The first-order valence-electron chi connectivity index (χ1n) is 6.48. The van der Waals surface area contributed by atoms with Crippen molar-refractivity contribution in [3.8, 4) is 5.75 Å². The van der Waals surface area contributed by atoms with Crippen LogP contribution in [0, 0.1) is 13.8 Å². The highest BCUT2D eigenvalue weighted by molar-refractivity contribution is 7.80. The molecule has 0 aromatic heterocycles. The third-order valence-electron chi connectivity index (χ3n) is 3.17. The summed E-state index contributed by atoms with van der Waals surface area (Å²) >= 11 is 11.3. The lowest BCUT2D eigenvalue weighted by Crippen LogP contribution is -2.19. The Hall–Kier alpha value is -1.78. The number of ether oxygens (including phenoxy) is 1. The van der Waals surface area contributed by atoms with Gasteiger partial charge in [0.15, 0.2) is 5.11 Å². The molecule has 0 aliphatic heterocycles. The summed E-state index contributed by atoms with van der Waals surface area (Å²) in [7, 11) is 1.61. The Morgan fingerprint density at radius 3 is 2.48 bits per heavy atom. The molecule has 2 N–H and O–H groups in total. The standard InChI is InChI=1S/C16H17ClN2OS/c1-10-4-6-13(8-11(10)2)18-16(21)19-14-9-12(17)5-7-15(14)20-3/h4-9H,1-3H3,(H2,18,19,21). The first-order chi connectivity index (χ1) is 9.99. The second-order valence-corrected chi connectivity index (χ2v) is 5.57. The maximum Gasteiger partial charge on any atom is 0.175 e. The molecule has 0 heterocycles. The number of thiocarbonyl (C=S) groups is 1. The van der Waals surface area contributed by atoms with Crippen LogP contribution < -0.4 is 15.4 Å². The van der Waals surface area contributed by atoms with Gasteiger partial charge in [-0.05, 0) is 67.5 Å². The lowest BCUT2D eigenvalue weighted by molar-refractivity contribution is 0.417. The quantitative estimate of drug-likeness (QED) is 0.798. The van der Waals surface area contributed by atoms with Gasteiger partial charge in [-0.15, -0.1) is 0 Å². The van der Waals surface area contributed by atoms with Crippen molar-refractivity contribution in [1.29, 1.82) is 0 Å². The number of aryl methyl sites for hydroxylation is 2. The van der Waals surface area contributed by atoms with Crippen molar-refractivity contribution in [2.75, 3.05) is 17.7 Å². The lowest BCUT2D eigenvalue weighted by atomic mass is 10.1. The van der Waals surface area contributed by atoms with E-state index in [4.69, 9.17) is 28.6 Å². The number of methoxy groups -OCH3 is 1. The molecular weight excluding hydrogens is 304 g/mol. The number of nitrogens with one attached hydrogen (secondary N) is 2. The van der Waals surface area contributed by atoms with Crippen LogP contribution in [-0.2, 0) is 0 Å². The molecule has 0 atom stereocenters. The van der Waals surface area contributed by atoms with Crippen molar-refractivity contribution in [2.24, 2.45) is 0 Å². The normalized spacial score (nSPS) is 10.1. The molecule has 0 unspecified atom stereocenters. The number of hydrogen-bond acceptors (Lipinski definition) is 2. The zero-order valence-corrected chi connectivity index (χ0v) is 13.7. The van der Waals surface area contributed by atoms with Crippen LogP contribution in [0.15, 0.2) is 36.4 Å². The minimum Gasteiger partial charge on any atom is -0.495 e. The Bertz CT molecular complexity index is 673. The minimum absolute atomic E-state index is 0.485. The number of anilines is 2. The monoisotopic (exact) mass is 320 g/mol. The van der Waals surface area contributed by atoms with Crippen molar-refractivity contribution in [2.45, 2.75) is 13.8 Å². The van der Waals surface area contributed by atoms with Crippen LogP contribution in [0.4, 0.5) is 11.4 Å². The van der Waals surface area contributed by atoms with Crippen LogP contribution in [0.1, 0.15) is 11.1 Å². The molecule has 0 fully saturated rings. The fourth-order valence-corrected chi connectivity index (χ4v) is 2.28. The first kappa shape index (κ1) is 15.6. The van der Waals surface area contributed by atoms with Gasteiger partial charge in [-0.1, -0.05) is 17.7 Å². The molecule has 5 heteroatoms. The van der Waals surface area contributed by atoms with Gasteiger partial charge in [-0.2, -0.15) is 0 Å². The molecule has 0 spiro atoms. The van der Waals surface area contributed by atoms with Crippen LogP contribution in [0.3, 0.4) is 0 Å². The molecule has 3 nitrogen and oxygen atoms in total. The lowest BCUT2D eigenvalue weighted by Gasteiger charge is -2.14. The van der Waals surface area contributed by atoms with E-state index in [1.54, 1.807) is 25.3 Å². The predicted octanol–water partition coefficient (Wildman–Crippen LogP) is 4.77. The Balaban J connectivity index is 2.11. The van der Waals surface area contributed by atoms with Crippen LogP contribution >= 0.6 is 23.8 Å². The minimum atomic E-state index is 0.485. The highest BCUT2D eigenvalue weighted by Crippen LogP contribution is 2.27. The van der Waals surface area contributed by atoms with Gasteiger partial charge in [0.1, 0.15) is 5.75 Å². The molecule has 2 aromatic carbocycles. The average molecular weight is 321 g/mol. The fourth-order valence-electron chi connectivity index (χ4n) is 1.88. The number of hydrogen-bond donors (Lipinski definition) is 2. The van der Waals surface area contributed by atoms with Gasteiger partial charge in [-0.3, -0.25) is 0 Å². The molecule has 2 rings (SSSR count). The van der Waals surface area contributed by atoms with Crippen molar-refractivity contribution in [1.82, 2.24) is 0 Å². The molecule has 0 aliphatic carbocycles. The van der Waals surface area contributed by atoms with E-state index in [2.05, 4.69) is 36.6 Å². The van der Waals surface area contributed by atoms with E-state index in [1.165, 1.54) is 11.1 Å². The Labute approximate surface area is 135 Å². The van der Waals surface area contributed by atoms with Gasteiger partial charge in [0, 0.05) is 10.7 Å². The van der Waals surface area contributed by atoms with Gasteiger partial charge in [0.05, 0.1) is 12.8 Å². The molecular formula is C16H17ClN2OS. The van der Waals surface area contributed by atoms with Crippen LogP contribution in [-0.4, -0.2) is 12.2 Å². The summed E-state index contributed by atoms with van der Waals surface area (Å²) in [5.74, 6) is 0.684. The molecule has 0 aliphatic rings. The van der Waals surface area contributed by atoms with E-state index in [9.17, 15) is 0 Å². The van der Waals surface area contributed by atoms with Gasteiger partial charge >= 0.3 is 0 Å². The van der Waals surface area contributed by atoms with Crippen molar-refractivity contribution in [3.05, 3.63) is 52.5 Å². The largest absolute Gasteiger partial charge is 0.495 e. The maximum absolute atomic E-state index is 6.00. The summed E-state index contributed by atoms with van der Waals surface area (Å²) in [6.45, 7) is 4.14. The van der Waals surface area contributed by atoms with Crippen LogP contribution in [0.2, 0.25) is 5.02 Å². The molecule has 21 heavy (non-hydrogen) atoms. The third kappa shape index (κ3) is 4.09. The van der Waals surface area contributed by atoms with E-state index in [1.807, 2.05) is 6.07 Å². The van der Waals surface area contributed by atoms with E-state index in [0.717, 1.165) is 11.4 Å². The topological polar surface area (TPSA) is 33.3 Å². The molecule has 0 bridgehead atoms. The first-order valence-corrected chi connectivity index (χ1v) is 7.27. The fraction of sp³-hybridized carbons (Fsp3) is 0.188.